The molecule has 2 aromatic heterocycles. The molecule has 5 aromatic rings. The van der Waals surface area contributed by atoms with Gasteiger partial charge in [-0.1, -0.05) is 23.9 Å². The summed E-state index contributed by atoms with van der Waals surface area (Å²) in [5.74, 6) is 3.11. The molecule has 2 N–H and O–H groups in total. The zero-order valence-electron chi connectivity index (χ0n) is 20.1. The van der Waals surface area contributed by atoms with E-state index in [1.807, 2.05) is 78.3 Å². The van der Waals surface area contributed by atoms with Crippen molar-refractivity contribution in [2.24, 2.45) is 7.05 Å². The average Bonchev–Trinajstić information content (AvgIpc) is 3.64. The Kier molecular flexibility index (Phi) is 6.22. The van der Waals surface area contributed by atoms with E-state index in [0.29, 0.717) is 29.5 Å². The van der Waals surface area contributed by atoms with Crippen LogP contribution in [0.4, 0.5) is 4.79 Å². The SMILES string of the molecule is Cn1c(COc2ccc(CC3SC(=O)NC3=O)cc2)nc2ccc(Oc3ccc(-c4nn[nH]n4)cc3)cc21. The first kappa shape index (κ1) is 23.7. The smallest absolute Gasteiger partial charge is 0.286 e. The molecular weight excluding hydrogens is 506 g/mol. The van der Waals surface area contributed by atoms with Crippen LogP contribution in [-0.2, 0) is 24.9 Å². The molecule has 1 unspecified atom stereocenters. The summed E-state index contributed by atoms with van der Waals surface area (Å²) in [5.41, 5.74) is 3.55. The molecule has 0 radical (unpaired) electrons. The first-order valence-corrected chi connectivity index (χ1v) is 12.6. The number of aromatic nitrogens is 6. The molecular formula is C26H21N7O4S. The van der Waals surface area contributed by atoms with Crippen molar-refractivity contribution < 1.29 is 19.1 Å². The fraction of sp³-hybridized carbons (Fsp3) is 0.154. The summed E-state index contributed by atoms with van der Waals surface area (Å²) in [7, 11) is 1.94. The van der Waals surface area contributed by atoms with Crippen LogP contribution in [0.3, 0.4) is 0 Å². The number of benzene rings is 3. The fourth-order valence-corrected chi connectivity index (χ4v) is 4.98. The van der Waals surface area contributed by atoms with Gasteiger partial charge in [-0.2, -0.15) is 5.21 Å². The van der Waals surface area contributed by atoms with Crippen molar-refractivity contribution in [2.75, 3.05) is 0 Å². The summed E-state index contributed by atoms with van der Waals surface area (Å²) in [4.78, 5) is 27.8. The number of fused-ring (bicyclic) bond motifs is 1. The molecule has 3 heterocycles. The first-order chi connectivity index (χ1) is 18.5. The Hall–Kier alpha value is -4.71. The van der Waals surface area contributed by atoms with E-state index in [1.165, 1.54) is 0 Å². The molecule has 1 fully saturated rings. The van der Waals surface area contributed by atoms with Gasteiger partial charge in [0.25, 0.3) is 5.24 Å². The molecule has 1 saturated heterocycles. The maximum absolute atomic E-state index is 11.8. The normalized spacial score (nSPS) is 15.1. The highest BCUT2D eigenvalue weighted by Crippen LogP contribution is 2.28. The third kappa shape index (κ3) is 4.93. The van der Waals surface area contributed by atoms with Crippen LogP contribution in [0.15, 0.2) is 66.7 Å². The number of imidazole rings is 1. The number of hydrogen-bond acceptors (Lipinski definition) is 9. The second-order valence-electron chi connectivity index (χ2n) is 8.62. The van der Waals surface area contributed by atoms with Gasteiger partial charge in [-0.3, -0.25) is 14.9 Å². The Morgan fingerprint density at radius 1 is 0.974 bits per heavy atom. The highest BCUT2D eigenvalue weighted by molar-refractivity contribution is 8.15. The number of tetrazole rings is 1. The van der Waals surface area contributed by atoms with Gasteiger partial charge in [0.05, 0.1) is 16.3 Å². The van der Waals surface area contributed by atoms with Crippen LogP contribution in [0.25, 0.3) is 22.4 Å². The summed E-state index contributed by atoms with van der Waals surface area (Å²) in [6.07, 6.45) is 0.487. The number of nitrogens with zero attached hydrogens (tertiary/aromatic N) is 5. The van der Waals surface area contributed by atoms with E-state index in [0.717, 1.165) is 39.7 Å². The van der Waals surface area contributed by atoms with Crippen molar-refractivity contribution in [1.29, 1.82) is 0 Å². The molecule has 0 bridgehead atoms. The summed E-state index contributed by atoms with van der Waals surface area (Å²) >= 11 is 1.03. The summed E-state index contributed by atoms with van der Waals surface area (Å²) in [5, 5.41) is 15.6. The minimum Gasteiger partial charge on any atom is -0.486 e. The number of nitrogens with one attached hydrogen (secondary N) is 2. The number of H-pyrrole nitrogens is 1. The molecule has 12 heteroatoms. The van der Waals surface area contributed by atoms with E-state index < -0.39 is 0 Å². The molecule has 6 rings (SSSR count). The Labute approximate surface area is 220 Å². The van der Waals surface area contributed by atoms with Crippen molar-refractivity contribution in [3.63, 3.8) is 0 Å². The van der Waals surface area contributed by atoms with Crippen LogP contribution in [0.2, 0.25) is 0 Å². The highest BCUT2D eigenvalue weighted by Gasteiger charge is 2.31. The number of imide groups is 1. The van der Waals surface area contributed by atoms with Crippen LogP contribution in [0.5, 0.6) is 17.2 Å². The van der Waals surface area contributed by atoms with E-state index in [2.05, 4.69) is 25.9 Å². The quantitative estimate of drug-likeness (QED) is 0.306. The van der Waals surface area contributed by atoms with Gasteiger partial charge in [0, 0.05) is 18.7 Å². The number of carbonyl (C=O) groups excluding carboxylic acids is 2. The zero-order chi connectivity index (χ0) is 26.1. The molecule has 38 heavy (non-hydrogen) atoms. The van der Waals surface area contributed by atoms with Crippen molar-refractivity contribution >= 4 is 33.9 Å². The molecule has 1 aliphatic heterocycles. The van der Waals surface area contributed by atoms with Crippen molar-refractivity contribution in [3.05, 3.63) is 78.1 Å². The lowest BCUT2D eigenvalue weighted by atomic mass is 10.1. The molecule has 0 saturated carbocycles. The number of aromatic amines is 1. The molecule has 11 nitrogen and oxygen atoms in total. The summed E-state index contributed by atoms with van der Waals surface area (Å²) < 4.78 is 14.0. The Morgan fingerprint density at radius 2 is 1.74 bits per heavy atom. The van der Waals surface area contributed by atoms with Crippen molar-refractivity contribution in [1.82, 2.24) is 35.5 Å². The van der Waals surface area contributed by atoms with E-state index in [9.17, 15) is 9.59 Å². The van der Waals surface area contributed by atoms with Gasteiger partial charge in [-0.15, -0.1) is 10.2 Å². The summed E-state index contributed by atoms with van der Waals surface area (Å²) in [6.45, 7) is 0.285. The Bertz CT molecular complexity index is 1620. The lowest BCUT2D eigenvalue weighted by molar-refractivity contribution is -0.118. The van der Waals surface area contributed by atoms with Gasteiger partial charge in [0.1, 0.15) is 29.7 Å². The highest BCUT2D eigenvalue weighted by atomic mass is 32.2. The van der Waals surface area contributed by atoms with Crippen LogP contribution in [0.1, 0.15) is 11.4 Å². The number of rotatable bonds is 8. The minimum atomic E-state index is -0.390. The van der Waals surface area contributed by atoms with E-state index in [-0.39, 0.29) is 23.0 Å². The Morgan fingerprint density at radius 3 is 2.45 bits per heavy atom. The van der Waals surface area contributed by atoms with Crippen LogP contribution in [0, 0.1) is 0 Å². The zero-order valence-corrected chi connectivity index (χ0v) is 20.9. The largest absolute Gasteiger partial charge is 0.486 e. The molecule has 2 amide bonds. The van der Waals surface area contributed by atoms with Crippen molar-refractivity contribution in [2.45, 2.75) is 18.3 Å². The molecule has 190 valence electrons. The maximum atomic E-state index is 11.8. The molecule has 3 aromatic carbocycles. The minimum absolute atomic E-state index is 0.242. The lowest BCUT2D eigenvalue weighted by Crippen LogP contribution is -2.25. The van der Waals surface area contributed by atoms with E-state index in [4.69, 9.17) is 14.5 Å². The number of ether oxygens (including phenoxy) is 2. The monoisotopic (exact) mass is 527 g/mol. The third-order valence-corrected chi connectivity index (χ3v) is 7.10. The maximum Gasteiger partial charge on any atom is 0.286 e. The molecule has 0 spiro atoms. The van der Waals surface area contributed by atoms with Gasteiger partial charge in [0.15, 0.2) is 0 Å². The topological polar surface area (TPSA) is 137 Å². The second-order valence-corrected chi connectivity index (χ2v) is 9.79. The van der Waals surface area contributed by atoms with Gasteiger partial charge in [-0.25, -0.2) is 4.98 Å². The first-order valence-electron chi connectivity index (χ1n) is 11.7. The predicted octanol–water partition coefficient (Wildman–Crippen LogP) is 4.02. The molecule has 1 aliphatic rings. The fourth-order valence-electron chi connectivity index (χ4n) is 4.12. The van der Waals surface area contributed by atoms with E-state index in [1.54, 1.807) is 0 Å². The second kappa shape index (κ2) is 9.98. The van der Waals surface area contributed by atoms with Crippen LogP contribution >= 0.6 is 11.8 Å². The van der Waals surface area contributed by atoms with Gasteiger partial charge in [-0.05, 0) is 65.7 Å². The standard InChI is InChI=1S/C26H21N7O4S/c1-33-21-13-19(37-18-8-4-16(5-9-18)24-29-31-32-30-24)10-11-20(21)27-23(33)14-36-17-6-2-15(3-7-17)12-22-25(34)28-26(35)38-22/h2-11,13,22H,12,14H2,1H3,(H,28,34,35)(H,29,30,31,32). The Balaban J connectivity index is 1.10. The molecule has 0 aliphatic carbocycles. The average molecular weight is 528 g/mol. The predicted molar refractivity (Wildman–Crippen MR) is 140 cm³/mol. The van der Waals surface area contributed by atoms with Crippen LogP contribution in [-0.4, -0.2) is 46.6 Å². The number of hydrogen-bond donors (Lipinski definition) is 2. The lowest BCUT2D eigenvalue weighted by Gasteiger charge is -2.09. The number of aryl methyl sites for hydroxylation is 1. The number of carbonyl (C=O) groups is 2. The third-order valence-electron chi connectivity index (χ3n) is 6.12. The van der Waals surface area contributed by atoms with Gasteiger partial charge >= 0.3 is 0 Å². The molecule has 1 atom stereocenters. The van der Waals surface area contributed by atoms with Gasteiger partial charge < -0.3 is 14.0 Å². The van der Waals surface area contributed by atoms with E-state index >= 15 is 0 Å². The number of thioether (sulfide) groups is 1. The van der Waals surface area contributed by atoms with Gasteiger partial charge in [0.2, 0.25) is 11.7 Å². The number of amides is 2. The summed E-state index contributed by atoms with van der Waals surface area (Å²) in [6, 6.07) is 20.7. The van der Waals surface area contributed by atoms with Crippen LogP contribution < -0.4 is 14.8 Å². The van der Waals surface area contributed by atoms with Crippen molar-refractivity contribution in [3.8, 4) is 28.6 Å².